The van der Waals surface area contributed by atoms with Gasteiger partial charge in [-0.05, 0) is 57.9 Å². The summed E-state index contributed by atoms with van der Waals surface area (Å²) < 4.78 is 8.04. The van der Waals surface area contributed by atoms with E-state index < -0.39 is 0 Å². The minimum absolute atomic E-state index is 0.0138. The van der Waals surface area contributed by atoms with Crippen molar-refractivity contribution in [1.29, 1.82) is 0 Å². The third-order valence-corrected chi connectivity index (χ3v) is 5.98. The van der Waals surface area contributed by atoms with Crippen LogP contribution in [0, 0.1) is 0 Å². The van der Waals surface area contributed by atoms with Gasteiger partial charge in [0.05, 0.1) is 11.1 Å². The first-order chi connectivity index (χ1) is 13.7. The molecule has 29 heavy (non-hydrogen) atoms. The predicted octanol–water partition coefficient (Wildman–Crippen LogP) is 4.53. The Bertz CT molecular complexity index is 1120. The van der Waals surface area contributed by atoms with Crippen molar-refractivity contribution in [3.05, 3.63) is 62.8 Å². The number of likely N-dealkylation sites (tertiary alicyclic amines) is 1. The summed E-state index contributed by atoms with van der Waals surface area (Å²) >= 11 is 3.36. The van der Waals surface area contributed by atoms with Crippen LogP contribution >= 0.6 is 15.9 Å². The second-order valence-electron chi connectivity index (χ2n) is 8.59. The third kappa shape index (κ3) is 3.88. The molecule has 152 valence electrons. The minimum Gasteiger partial charge on any atom is -0.408 e. The highest BCUT2D eigenvalue weighted by atomic mass is 79.9. The molecule has 3 heterocycles. The van der Waals surface area contributed by atoms with Crippen LogP contribution in [-0.4, -0.2) is 33.4 Å². The van der Waals surface area contributed by atoms with E-state index in [0.717, 1.165) is 15.6 Å². The fraction of sp³-hybridized carbons (Fsp3) is 0.409. The van der Waals surface area contributed by atoms with Gasteiger partial charge in [-0.25, -0.2) is 4.79 Å². The summed E-state index contributed by atoms with van der Waals surface area (Å²) in [6, 6.07) is 7.76. The van der Waals surface area contributed by atoms with Crippen LogP contribution in [0.2, 0.25) is 0 Å². The zero-order valence-corrected chi connectivity index (χ0v) is 18.4. The molecule has 3 aromatic rings. The fourth-order valence-corrected chi connectivity index (χ4v) is 4.25. The Morgan fingerprint density at radius 2 is 1.90 bits per heavy atom. The SMILES string of the molecule is CC(C)(C)c1ccc2oc(=O)n(C3CCN(C(=O)c4cncc(Br)c4)CC3)c2c1. The van der Waals surface area contributed by atoms with Gasteiger partial charge in [0.2, 0.25) is 0 Å². The van der Waals surface area contributed by atoms with E-state index in [-0.39, 0.29) is 23.1 Å². The maximum absolute atomic E-state index is 12.8. The number of carbonyl (C=O) groups excluding carboxylic acids is 1. The van der Waals surface area contributed by atoms with E-state index in [1.165, 1.54) is 0 Å². The average molecular weight is 458 g/mol. The van der Waals surface area contributed by atoms with Crippen molar-refractivity contribution in [3.8, 4) is 0 Å². The lowest BCUT2D eigenvalue weighted by atomic mass is 9.87. The van der Waals surface area contributed by atoms with Crippen molar-refractivity contribution in [2.45, 2.75) is 45.1 Å². The number of fused-ring (bicyclic) bond motifs is 1. The zero-order chi connectivity index (χ0) is 20.8. The molecule has 0 N–H and O–H groups in total. The van der Waals surface area contributed by atoms with E-state index in [1.54, 1.807) is 23.0 Å². The number of amides is 1. The van der Waals surface area contributed by atoms with Gasteiger partial charge >= 0.3 is 5.76 Å². The van der Waals surface area contributed by atoms with Gasteiger partial charge in [0.15, 0.2) is 5.58 Å². The van der Waals surface area contributed by atoms with Crippen LogP contribution in [0.1, 0.15) is 55.6 Å². The van der Waals surface area contributed by atoms with Crippen molar-refractivity contribution in [2.75, 3.05) is 13.1 Å². The van der Waals surface area contributed by atoms with Crippen LogP contribution in [0.3, 0.4) is 0 Å². The molecule has 0 aliphatic carbocycles. The third-order valence-electron chi connectivity index (χ3n) is 5.55. The Kier molecular flexibility index (Phi) is 5.11. The van der Waals surface area contributed by atoms with Crippen LogP contribution in [0.5, 0.6) is 0 Å². The number of carbonyl (C=O) groups is 1. The number of benzene rings is 1. The van der Waals surface area contributed by atoms with Gasteiger partial charge in [0, 0.05) is 36.0 Å². The lowest BCUT2D eigenvalue weighted by Crippen LogP contribution is -2.40. The number of hydrogen-bond donors (Lipinski definition) is 0. The van der Waals surface area contributed by atoms with E-state index in [1.807, 2.05) is 17.0 Å². The quantitative estimate of drug-likeness (QED) is 0.566. The Labute approximate surface area is 177 Å². The predicted molar refractivity (Wildman–Crippen MR) is 115 cm³/mol. The Balaban J connectivity index is 1.57. The van der Waals surface area contributed by atoms with Gasteiger partial charge < -0.3 is 9.32 Å². The number of pyridine rings is 1. The number of nitrogens with zero attached hydrogens (tertiary/aromatic N) is 3. The zero-order valence-electron chi connectivity index (χ0n) is 16.8. The van der Waals surface area contributed by atoms with E-state index in [0.29, 0.717) is 37.1 Å². The molecule has 1 saturated heterocycles. The van der Waals surface area contributed by atoms with Gasteiger partial charge in [0.1, 0.15) is 0 Å². The van der Waals surface area contributed by atoms with Crippen LogP contribution in [-0.2, 0) is 5.41 Å². The first-order valence-electron chi connectivity index (χ1n) is 9.79. The topological polar surface area (TPSA) is 68.3 Å². The Morgan fingerprint density at radius 3 is 2.55 bits per heavy atom. The molecule has 0 atom stereocenters. The molecule has 4 rings (SSSR count). The van der Waals surface area contributed by atoms with Crippen LogP contribution in [0.15, 0.2) is 50.3 Å². The first-order valence-corrected chi connectivity index (χ1v) is 10.6. The number of rotatable bonds is 2. The Morgan fingerprint density at radius 1 is 1.17 bits per heavy atom. The fourth-order valence-electron chi connectivity index (χ4n) is 3.88. The molecule has 0 bridgehead atoms. The molecule has 1 fully saturated rings. The molecule has 1 aromatic carbocycles. The van der Waals surface area contributed by atoms with Crippen molar-refractivity contribution in [2.24, 2.45) is 0 Å². The second kappa shape index (κ2) is 7.44. The largest absolute Gasteiger partial charge is 0.420 e. The number of halogens is 1. The molecule has 0 radical (unpaired) electrons. The lowest BCUT2D eigenvalue weighted by Gasteiger charge is -2.32. The van der Waals surface area contributed by atoms with Gasteiger partial charge in [-0.3, -0.25) is 14.3 Å². The standard InChI is InChI=1S/C22H24BrN3O3/c1-22(2,3)15-4-5-19-18(11-15)26(21(28)29-19)17-6-8-25(9-7-17)20(27)14-10-16(23)13-24-12-14/h4-5,10-13,17H,6-9H2,1-3H3. The summed E-state index contributed by atoms with van der Waals surface area (Å²) in [5.41, 5.74) is 3.16. The smallest absolute Gasteiger partial charge is 0.408 e. The van der Waals surface area contributed by atoms with Gasteiger partial charge in [0.25, 0.3) is 5.91 Å². The maximum atomic E-state index is 12.8. The molecule has 0 saturated carbocycles. The molecule has 2 aromatic heterocycles. The Hall–Kier alpha value is -2.41. The van der Waals surface area contributed by atoms with Gasteiger partial charge in [-0.2, -0.15) is 0 Å². The second-order valence-corrected chi connectivity index (χ2v) is 9.50. The molecule has 6 nitrogen and oxygen atoms in total. The van der Waals surface area contributed by atoms with E-state index in [4.69, 9.17) is 4.42 Å². The molecule has 0 unspecified atom stereocenters. The number of piperidine rings is 1. The van der Waals surface area contributed by atoms with Gasteiger partial charge in [-0.15, -0.1) is 0 Å². The van der Waals surface area contributed by atoms with E-state index in [2.05, 4.69) is 47.8 Å². The normalized spacial score (nSPS) is 15.8. The number of hydrogen-bond acceptors (Lipinski definition) is 4. The molecule has 1 amide bonds. The van der Waals surface area contributed by atoms with Crippen molar-refractivity contribution < 1.29 is 9.21 Å². The summed E-state index contributed by atoms with van der Waals surface area (Å²) in [5, 5.41) is 0. The summed E-state index contributed by atoms with van der Waals surface area (Å²) in [5.74, 6) is -0.358. The molecule has 1 aliphatic heterocycles. The maximum Gasteiger partial charge on any atom is 0.420 e. The van der Waals surface area contributed by atoms with Crippen LogP contribution in [0.25, 0.3) is 11.1 Å². The monoisotopic (exact) mass is 457 g/mol. The van der Waals surface area contributed by atoms with Crippen LogP contribution in [0.4, 0.5) is 0 Å². The molecular formula is C22H24BrN3O3. The van der Waals surface area contributed by atoms with E-state index >= 15 is 0 Å². The minimum atomic E-state index is -0.327. The van der Waals surface area contributed by atoms with Crippen molar-refractivity contribution in [1.82, 2.24) is 14.5 Å². The summed E-state index contributed by atoms with van der Waals surface area (Å²) in [6.07, 6.45) is 4.66. The molecule has 7 heteroatoms. The van der Waals surface area contributed by atoms with Crippen molar-refractivity contribution in [3.63, 3.8) is 0 Å². The average Bonchev–Trinajstić information content (AvgIpc) is 3.02. The molecule has 0 spiro atoms. The number of oxazole rings is 1. The molecule has 1 aliphatic rings. The highest BCUT2D eigenvalue weighted by Crippen LogP contribution is 2.30. The van der Waals surface area contributed by atoms with Crippen LogP contribution < -0.4 is 5.76 Å². The molecular weight excluding hydrogens is 434 g/mol. The van der Waals surface area contributed by atoms with Gasteiger partial charge in [-0.1, -0.05) is 26.8 Å². The van der Waals surface area contributed by atoms with E-state index in [9.17, 15) is 9.59 Å². The highest BCUT2D eigenvalue weighted by Gasteiger charge is 2.28. The highest BCUT2D eigenvalue weighted by molar-refractivity contribution is 9.10. The summed E-state index contributed by atoms with van der Waals surface area (Å²) in [4.78, 5) is 31.2. The number of aromatic nitrogens is 2. The lowest BCUT2D eigenvalue weighted by molar-refractivity contribution is 0.0693. The first kappa shape index (κ1) is 19.9. The summed E-state index contributed by atoms with van der Waals surface area (Å²) in [7, 11) is 0. The van der Waals surface area contributed by atoms with Crippen molar-refractivity contribution >= 4 is 32.9 Å². The summed E-state index contributed by atoms with van der Waals surface area (Å²) in [6.45, 7) is 7.63.